The summed E-state index contributed by atoms with van der Waals surface area (Å²) >= 11 is 1.48. The van der Waals surface area contributed by atoms with Crippen LogP contribution in [0.2, 0.25) is 0 Å². The molecule has 20 heavy (non-hydrogen) atoms. The number of nitrogens with one attached hydrogen (secondary N) is 1. The van der Waals surface area contributed by atoms with E-state index in [1.54, 1.807) is 0 Å². The maximum atomic E-state index is 11.9. The highest BCUT2D eigenvalue weighted by Crippen LogP contribution is 2.32. The summed E-state index contributed by atoms with van der Waals surface area (Å²) in [5, 5.41) is 2.45. The van der Waals surface area contributed by atoms with Gasteiger partial charge in [0.2, 0.25) is 0 Å². The Morgan fingerprint density at radius 2 is 2.40 bits per heavy atom. The van der Waals surface area contributed by atoms with Crippen molar-refractivity contribution in [3.8, 4) is 12.3 Å². The van der Waals surface area contributed by atoms with Crippen molar-refractivity contribution in [2.24, 2.45) is 5.92 Å². The number of rotatable bonds is 4. The number of thiophene rings is 1. The second kappa shape index (κ2) is 6.58. The summed E-state index contributed by atoms with van der Waals surface area (Å²) in [6, 6.07) is 1.90. The fraction of sp³-hybridized carbons (Fsp3) is 0.467. The van der Waals surface area contributed by atoms with Crippen LogP contribution in [-0.4, -0.2) is 25.0 Å². The molecule has 1 aromatic heterocycles. The molecule has 1 aromatic rings. The molecular weight excluding hydrogens is 274 g/mol. The van der Waals surface area contributed by atoms with Crippen molar-refractivity contribution in [3.05, 3.63) is 21.4 Å². The van der Waals surface area contributed by atoms with E-state index in [0.717, 1.165) is 19.3 Å². The molecule has 1 N–H and O–H groups in total. The first kappa shape index (κ1) is 14.6. The quantitative estimate of drug-likeness (QED) is 0.679. The topological polar surface area (TPSA) is 55.4 Å². The van der Waals surface area contributed by atoms with Crippen molar-refractivity contribution in [2.75, 3.05) is 13.2 Å². The summed E-state index contributed by atoms with van der Waals surface area (Å²) in [7, 11) is 0. The van der Waals surface area contributed by atoms with Crippen LogP contribution < -0.4 is 5.32 Å². The lowest BCUT2D eigenvalue weighted by atomic mass is 9.90. The van der Waals surface area contributed by atoms with Gasteiger partial charge in [0.05, 0.1) is 6.54 Å². The highest BCUT2D eigenvalue weighted by atomic mass is 32.1. The molecule has 1 aliphatic rings. The van der Waals surface area contributed by atoms with Gasteiger partial charge in [-0.2, -0.15) is 0 Å². The summed E-state index contributed by atoms with van der Waals surface area (Å²) in [6.07, 6.45) is 8.22. The Morgan fingerprint density at radius 1 is 1.60 bits per heavy atom. The van der Waals surface area contributed by atoms with E-state index in [1.807, 2.05) is 6.07 Å². The third-order valence-corrected chi connectivity index (χ3v) is 4.47. The minimum Gasteiger partial charge on any atom is -0.451 e. The summed E-state index contributed by atoms with van der Waals surface area (Å²) in [6.45, 7) is 2.06. The molecule has 0 bridgehead atoms. The summed E-state index contributed by atoms with van der Waals surface area (Å²) in [5.41, 5.74) is 1.25. The molecule has 0 saturated carbocycles. The van der Waals surface area contributed by atoms with E-state index >= 15 is 0 Å². The van der Waals surface area contributed by atoms with E-state index in [4.69, 9.17) is 11.2 Å². The number of hydrogen-bond acceptors (Lipinski definition) is 4. The lowest BCUT2D eigenvalue weighted by molar-refractivity contribution is -0.123. The Bertz CT molecular complexity index is 556. The number of fused-ring (bicyclic) bond motifs is 1. The molecule has 1 atom stereocenters. The molecule has 1 amide bonds. The number of carbonyl (C=O) groups is 2. The number of hydrogen-bond donors (Lipinski definition) is 1. The van der Waals surface area contributed by atoms with Gasteiger partial charge in [0.25, 0.3) is 5.91 Å². The van der Waals surface area contributed by atoms with E-state index < -0.39 is 5.97 Å². The monoisotopic (exact) mass is 291 g/mol. The Labute approximate surface area is 122 Å². The van der Waals surface area contributed by atoms with Crippen LogP contribution in [0.25, 0.3) is 0 Å². The first-order valence-corrected chi connectivity index (χ1v) is 7.40. The largest absolute Gasteiger partial charge is 0.451 e. The molecule has 0 radical (unpaired) electrons. The summed E-state index contributed by atoms with van der Waals surface area (Å²) in [4.78, 5) is 25.0. The minimum absolute atomic E-state index is 0.140. The average Bonchev–Trinajstić information content (AvgIpc) is 2.85. The van der Waals surface area contributed by atoms with Gasteiger partial charge in [-0.15, -0.1) is 17.8 Å². The van der Waals surface area contributed by atoms with Crippen LogP contribution in [0.3, 0.4) is 0 Å². The van der Waals surface area contributed by atoms with Gasteiger partial charge in [0, 0.05) is 4.88 Å². The maximum absolute atomic E-state index is 11.9. The van der Waals surface area contributed by atoms with Crippen molar-refractivity contribution in [2.45, 2.75) is 26.2 Å². The lowest BCUT2D eigenvalue weighted by Crippen LogP contribution is -2.28. The molecule has 0 unspecified atom stereocenters. The van der Waals surface area contributed by atoms with Gasteiger partial charge in [0.1, 0.15) is 4.88 Å². The van der Waals surface area contributed by atoms with Gasteiger partial charge >= 0.3 is 5.97 Å². The zero-order valence-electron chi connectivity index (χ0n) is 11.4. The standard InChI is InChI=1S/C15H17NO3S/c1-3-6-16-14(17)9-19-15(18)13-8-11-7-10(2)4-5-12(11)20-13/h1,8,10H,4-7,9H2,2H3,(H,16,17)/t10-/m1/s1. The molecule has 1 heterocycles. The summed E-state index contributed by atoms with van der Waals surface area (Å²) < 4.78 is 4.98. The van der Waals surface area contributed by atoms with Crippen LogP contribution in [0, 0.1) is 18.3 Å². The second-order valence-corrected chi connectivity index (χ2v) is 6.10. The highest BCUT2D eigenvalue weighted by Gasteiger charge is 2.21. The average molecular weight is 291 g/mol. The van der Waals surface area contributed by atoms with E-state index in [9.17, 15) is 9.59 Å². The van der Waals surface area contributed by atoms with Gasteiger partial charge in [-0.1, -0.05) is 12.8 Å². The number of ether oxygens (including phenoxy) is 1. The minimum atomic E-state index is -0.437. The van der Waals surface area contributed by atoms with Crippen LogP contribution >= 0.6 is 11.3 Å². The van der Waals surface area contributed by atoms with E-state index in [2.05, 4.69) is 18.2 Å². The molecule has 5 heteroatoms. The van der Waals surface area contributed by atoms with Crippen molar-refractivity contribution in [1.29, 1.82) is 0 Å². The Hall–Kier alpha value is -1.80. The molecule has 1 aliphatic carbocycles. The molecule has 0 aliphatic heterocycles. The van der Waals surface area contributed by atoms with E-state index in [0.29, 0.717) is 10.8 Å². The predicted molar refractivity (Wildman–Crippen MR) is 77.6 cm³/mol. The molecule has 4 nitrogen and oxygen atoms in total. The van der Waals surface area contributed by atoms with Crippen LogP contribution in [0.4, 0.5) is 0 Å². The molecule has 0 fully saturated rings. The normalized spacial score (nSPS) is 16.9. The number of aryl methyl sites for hydroxylation is 1. The SMILES string of the molecule is C#CCNC(=O)COC(=O)c1cc2c(s1)CC[C@@H](C)C2. The molecule has 0 aromatic carbocycles. The first-order chi connectivity index (χ1) is 9.60. The molecule has 0 saturated heterocycles. The van der Waals surface area contributed by atoms with Crippen LogP contribution in [0.15, 0.2) is 6.07 Å². The predicted octanol–water partition coefficient (Wildman–Crippen LogP) is 1.78. The second-order valence-electron chi connectivity index (χ2n) is 4.96. The zero-order valence-corrected chi connectivity index (χ0v) is 12.2. The smallest absolute Gasteiger partial charge is 0.348 e. The summed E-state index contributed by atoms with van der Waals surface area (Å²) in [5.74, 6) is 2.13. The number of amides is 1. The number of esters is 1. The highest BCUT2D eigenvalue weighted by molar-refractivity contribution is 7.14. The van der Waals surface area contributed by atoms with Crippen molar-refractivity contribution < 1.29 is 14.3 Å². The van der Waals surface area contributed by atoms with Gasteiger partial charge in [-0.3, -0.25) is 4.79 Å². The fourth-order valence-electron chi connectivity index (χ4n) is 2.21. The first-order valence-electron chi connectivity index (χ1n) is 6.59. The van der Waals surface area contributed by atoms with Gasteiger partial charge in [0.15, 0.2) is 6.61 Å². The third kappa shape index (κ3) is 3.61. The number of carbonyl (C=O) groups excluding carboxylic acids is 2. The van der Waals surface area contributed by atoms with Gasteiger partial charge < -0.3 is 10.1 Å². The zero-order chi connectivity index (χ0) is 14.5. The molecule has 106 valence electrons. The number of terminal acetylenes is 1. The fourth-order valence-corrected chi connectivity index (χ4v) is 3.31. The maximum Gasteiger partial charge on any atom is 0.348 e. The van der Waals surface area contributed by atoms with E-state index in [-0.39, 0.29) is 19.1 Å². The van der Waals surface area contributed by atoms with Gasteiger partial charge in [-0.25, -0.2) is 4.79 Å². The van der Waals surface area contributed by atoms with Crippen LogP contribution in [-0.2, 0) is 22.4 Å². The van der Waals surface area contributed by atoms with Gasteiger partial charge in [-0.05, 0) is 36.8 Å². The molecule has 2 rings (SSSR count). The third-order valence-electron chi connectivity index (χ3n) is 3.25. The van der Waals surface area contributed by atoms with Crippen LogP contribution in [0.5, 0.6) is 0 Å². The Morgan fingerprint density at radius 3 is 3.15 bits per heavy atom. The Balaban J connectivity index is 1.90. The van der Waals surface area contributed by atoms with Crippen molar-refractivity contribution in [3.63, 3.8) is 0 Å². The lowest BCUT2D eigenvalue weighted by Gasteiger charge is -2.16. The Kier molecular flexibility index (Phi) is 4.80. The van der Waals surface area contributed by atoms with Crippen LogP contribution in [0.1, 0.15) is 33.5 Å². The van der Waals surface area contributed by atoms with E-state index in [1.165, 1.54) is 21.8 Å². The molecular formula is C15H17NO3S. The van der Waals surface area contributed by atoms with Crippen molar-refractivity contribution >= 4 is 23.2 Å². The van der Waals surface area contributed by atoms with Crippen molar-refractivity contribution in [1.82, 2.24) is 5.32 Å². The molecule has 0 spiro atoms.